The SMILES string of the molecule is CC(CNC(=O)c1ccco1)CC(=O)O. The van der Waals surface area contributed by atoms with Crippen molar-refractivity contribution < 1.29 is 19.1 Å². The molecule has 0 aliphatic heterocycles. The Morgan fingerprint density at radius 1 is 1.60 bits per heavy atom. The molecule has 5 nitrogen and oxygen atoms in total. The molecule has 0 radical (unpaired) electrons. The quantitative estimate of drug-likeness (QED) is 0.764. The number of hydrogen-bond donors (Lipinski definition) is 2. The Bertz CT molecular complexity index is 331. The van der Waals surface area contributed by atoms with Crippen molar-refractivity contribution in [3.05, 3.63) is 24.2 Å². The lowest BCUT2D eigenvalue weighted by atomic mass is 10.1. The summed E-state index contributed by atoms with van der Waals surface area (Å²) in [6.45, 7) is 2.09. The third kappa shape index (κ3) is 3.84. The Labute approximate surface area is 87.1 Å². The van der Waals surface area contributed by atoms with Crippen LogP contribution in [0, 0.1) is 5.92 Å². The van der Waals surface area contributed by atoms with Crippen LogP contribution in [-0.2, 0) is 4.79 Å². The fraction of sp³-hybridized carbons (Fsp3) is 0.400. The van der Waals surface area contributed by atoms with E-state index in [4.69, 9.17) is 9.52 Å². The highest BCUT2D eigenvalue weighted by Gasteiger charge is 2.11. The molecule has 82 valence electrons. The van der Waals surface area contributed by atoms with Crippen LogP contribution in [0.2, 0.25) is 0 Å². The van der Waals surface area contributed by atoms with Gasteiger partial charge in [-0.25, -0.2) is 0 Å². The van der Waals surface area contributed by atoms with Crippen LogP contribution in [0.1, 0.15) is 23.9 Å². The van der Waals surface area contributed by atoms with Gasteiger partial charge in [0.1, 0.15) is 0 Å². The zero-order valence-corrected chi connectivity index (χ0v) is 8.40. The fourth-order valence-corrected chi connectivity index (χ4v) is 1.13. The molecule has 0 aromatic carbocycles. The van der Waals surface area contributed by atoms with Crippen molar-refractivity contribution in [2.45, 2.75) is 13.3 Å². The largest absolute Gasteiger partial charge is 0.481 e. The number of rotatable bonds is 5. The molecule has 5 heteroatoms. The summed E-state index contributed by atoms with van der Waals surface area (Å²) in [5, 5.41) is 11.1. The maximum atomic E-state index is 11.3. The second-order valence-electron chi connectivity index (χ2n) is 3.39. The Kier molecular flexibility index (Phi) is 3.91. The van der Waals surface area contributed by atoms with Gasteiger partial charge in [-0.2, -0.15) is 0 Å². The summed E-state index contributed by atoms with van der Waals surface area (Å²) in [4.78, 5) is 21.7. The first kappa shape index (κ1) is 11.3. The van der Waals surface area contributed by atoms with Gasteiger partial charge in [0, 0.05) is 13.0 Å². The van der Waals surface area contributed by atoms with Gasteiger partial charge >= 0.3 is 5.97 Å². The summed E-state index contributed by atoms with van der Waals surface area (Å²) in [5.74, 6) is -1.05. The number of carbonyl (C=O) groups is 2. The molecule has 0 fully saturated rings. The lowest BCUT2D eigenvalue weighted by molar-refractivity contribution is -0.137. The molecule has 0 aliphatic rings. The number of carbonyl (C=O) groups excluding carboxylic acids is 1. The summed E-state index contributed by atoms with van der Waals surface area (Å²) in [6, 6.07) is 3.17. The van der Waals surface area contributed by atoms with E-state index in [1.54, 1.807) is 19.1 Å². The van der Waals surface area contributed by atoms with Crippen LogP contribution in [0.3, 0.4) is 0 Å². The molecule has 1 atom stereocenters. The molecule has 1 aromatic heterocycles. The Morgan fingerprint density at radius 2 is 2.33 bits per heavy atom. The Balaban J connectivity index is 2.31. The number of nitrogens with one attached hydrogen (secondary N) is 1. The minimum atomic E-state index is -0.866. The van der Waals surface area contributed by atoms with Gasteiger partial charge < -0.3 is 14.8 Å². The van der Waals surface area contributed by atoms with E-state index in [2.05, 4.69) is 5.32 Å². The van der Waals surface area contributed by atoms with Gasteiger partial charge in [0.15, 0.2) is 5.76 Å². The topological polar surface area (TPSA) is 79.5 Å². The maximum Gasteiger partial charge on any atom is 0.303 e. The van der Waals surface area contributed by atoms with Crippen molar-refractivity contribution in [1.82, 2.24) is 5.32 Å². The molecule has 0 saturated carbocycles. The molecule has 0 spiro atoms. The summed E-state index contributed by atoms with van der Waals surface area (Å²) < 4.78 is 4.88. The normalized spacial score (nSPS) is 12.1. The van der Waals surface area contributed by atoms with Crippen LogP contribution >= 0.6 is 0 Å². The van der Waals surface area contributed by atoms with E-state index in [1.807, 2.05) is 0 Å². The number of furan rings is 1. The highest BCUT2D eigenvalue weighted by molar-refractivity contribution is 5.91. The zero-order valence-electron chi connectivity index (χ0n) is 8.40. The number of carboxylic acid groups (broad SMARTS) is 1. The minimum absolute atomic E-state index is 0.0401. The molecule has 15 heavy (non-hydrogen) atoms. The molecule has 0 saturated heterocycles. The first-order valence-corrected chi connectivity index (χ1v) is 4.63. The number of carboxylic acids is 1. The number of aliphatic carboxylic acids is 1. The van der Waals surface area contributed by atoms with Gasteiger partial charge in [-0.15, -0.1) is 0 Å². The molecule has 2 N–H and O–H groups in total. The van der Waals surface area contributed by atoms with E-state index in [1.165, 1.54) is 6.26 Å². The summed E-state index contributed by atoms with van der Waals surface area (Å²) >= 11 is 0. The smallest absolute Gasteiger partial charge is 0.303 e. The van der Waals surface area contributed by atoms with Gasteiger partial charge in [0.2, 0.25) is 0 Å². The average molecular weight is 211 g/mol. The fourth-order valence-electron chi connectivity index (χ4n) is 1.13. The summed E-state index contributed by atoms with van der Waals surface area (Å²) in [6.07, 6.45) is 1.45. The van der Waals surface area contributed by atoms with Crippen molar-refractivity contribution >= 4 is 11.9 Å². The lowest BCUT2D eigenvalue weighted by Gasteiger charge is -2.08. The summed E-state index contributed by atoms with van der Waals surface area (Å²) in [5.41, 5.74) is 0. The van der Waals surface area contributed by atoms with E-state index >= 15 is 0 Å². The van der Waals surface area contributed by atoms with E-state index in [0.29, 0.717) is 6.54 Å². The lowest BCUT2D eigenvalue weighted by Crippen LogP contribution is -2.28. The number of amides is 1. The van der Waals surface area contributed by atoms with E-state index < -0.39 is 5.97 Å². The molecule has 1 unspecified atom stereocenters. The van der Waals surface area contributed by atoms with Crippen molar-refractivity contribution in [3.8, 4) is 0 Å². The number of hydrogen-bond acceptors (Lipinski definition) is 3. The average Bonchev–Trinajstić information content (AvgIpc) is 2.65. The van der Waals surface area contributed by atoms with Gasteiger partial charge in [0.05, 0.1) is 6.26 Å². The van der Waals surface area contributed by atoms with Gasteiger partial charge in [-0.1, -0.05) is 6.92 Å². The molecule has 0 aliphatic carbocycles. The van der Waals surface area contributed by atoms with E-state index in [9.17, 15) is 9.59 Å². The third-order valence-electron chi connectivity index (χ3n) is 1.88. The highest BCUT2D eigenvalue weighted by atomic mass is 16.4. The highest BCUT2D eigenvalue weighted by Crippen LogP contribution is 2.02. The van der Waals surface area contributed by atoms with Crippen LogP contribution in [0.25, 0.3) is 0 Å². The maximum absolute atomic E-state index is 11.3. The summed E-state index contributed by atoms with van der Waals surface area (Å²) in [7, 11) is 0. The van der Waals surface area contributed by atoms with Crippen molar-refractivity contribution in [3.63, 3.8) is 0 Å². The molecule has 0 bridgehead atoms. The van der Waals surface area contributed by atoms with Crippen LogP contribution < -0.4 is 5.32 Å². The predicted molar refractivity (Wildman–Crippen MR) is 52.5 cm³/mol. The van der Waals surface area contributed by atoms with Crippen LogP contribution in [0.4, 0.5) is 0 Å². The van der Waals surface area contributed by atoms with Gasteiger partial charge in [-0.3, -0.25) is 9.59 Å². The second-order valence-corrected chi connectivity index (χ2v) is 3.39. The molecule has 1 aromatic rings. The van der Waals surface area contributed by atoms with Crippen molar-refractivity contribution in [2.75, 3.05) is 6.54 Å². The van der Waals surface area contributed by atoms with Crippen molar-refractivity contribution in [2.24, 2.45) is 5.92 Å². The van der Waals surface area contributed by atoms with Crippen LogP contribution in [0.15, 0.2) is 22.8 Å². The van der Waals surface area contributed by atoms with E-state index in [-0.39, 0.29) is 24.0 Å². The van der Waals surface area contributed by atoms with Crippen LogP contribution in [0.5, 0.6) is 0 Å². The standard InChI is InChI=1S/C10H13NO4/c1-7(5-9(12)13)6-11-10(14)8-3-2-4-15-8/h2-4,7H,5-6H2,1H3,(H,11,14)(H,12,13). The monoisotopic (exact) mass is 211 g/mol. The van der Waals surface area contributed by atoms with Gasteiger partial charge in [0.25, 0.3) is 5.91 Å². The molecular formula is C10H13NO4. The molecular weight excluding hydrogens is 198 g/mol. The first-order chi connectivity index (χ1) is 7.09. The predicted octanol–water partition coefficient (Wildman–Crippen LogP) is 1.12. The third-order valence-corrected chi connectivity index (χ3v) is 1.88. The molecule has 1 rings (SSSR count). The Morgan fingerprint density at radius 3 is 2.87 bits per heavy atom. The molecule has 1 heterocycles. The zero-order chi connectivity index (χ0) is 11.3. The first-order valence-electron chi connectivity index (χ1n) is 4.63. The van der Waals surface area contributed by atoms with Gasteiger partial charge in [-0.05, 0) is 18.1 Å². The van der Waals surface area contributed by atoms with Crippen LogP contribution in [-0.4, -0.2) is 23.5 Å². The molecule has 1 amide bonds. The van der Waals surface area contributed by atoms with Crippen molar-refractivity contribution in [1.29, 1.82) is 0 Å². The second kappa shape index (κ2) is 5.19. The Hall–Kier alpha value is -1.78. The van der Waals surface area contributed by atoms with E-state index in [0.717, 1.165) is 0 Å². The minimum Gasteiger partial charge on any atom is -0.481 e.